The third kappa shape index (κ3) is 4.55. The average Bonchev–Trinajstić information content (AvgIpc) is 2.46. The maximum Gasteiger partial charge on any atom is 0.422 e. The molecule has 2 rings (SSSR count). The molecule has 0 radical (unpaired) electrons. The summed E-state index contributed by atoms with van der Waals surface area (Å²) in [6.07, 6.45) is 4.65. The molecule has 0 spiro atoms. The molecule has 0 amide bonds. The Labute approximate surface area is 133 Å². The lowest BCUT2D eigenvalue weighted by molar-refractivity contribution is -0.142. The summed E-state index contributed by atoms with van der Waals surface area (Å²) >= 11 is 0. The lowest BCUT2D eigenvalue weighted by Crippen LogP contribution is -2.16. The zero-order chi connectivity index (χ0) is 17.0. The molecule has 1 aliphatic rings. The van der Waals surface area contributed by atoms with Crippen LogP contribution in [0.15, 0.2) is 24.3 Å². The molecule has 128 valence electrons. The predicted octanol–water partition coefficient (Wildman–Crippen LogP) is 6.61. The Hall–Kier alpha value is -1.39. The minimum absolute atomic E-state index is 0.0623. The molecule has 1 aliphatic carbocycles. The number of alkyl halides is 3. The molecule has 0 N–H and O–H groups in total. The van der Waals surface area contributed by atoms with Gasteiger partial charge in [0, 0.05) is 0 Å². The molecule has 0 aromatic heterocycles. The topological polar surface area (TPSA) is 0 Å². The molecule has 0 nitrogen and oxygen atoms in total. The van der Waals surface area contributed by atoms with Crippen LogP contribution < -0.4 is 0 Å². The number of benzene rings is 1. The summed E-state index contributed by atoms with van der Waals surface area (Å²) in [6, 6.07) is 1.71. The second kappa shape index (κ2) is 7.45. The molecule has 5 heteroatoms. The third-order valence-corrected chi connectivity index (χ3v) is 4.54. The molecule has 0 aliphatic heterocycles. The van der Waals surface area contributed by atoms with Crippen molar-refractivity contribution >= 4 is 0 Å². The van der Waals surface area contributed by atoms with Crippen LogP contribution >= 0.6 is 0 Å². The van der Waals surface area contributed by atoms with Crippen molar-refractivity contribution in [3.8, 4) is 0 Å². The number of hydrogen-bond acceptors (Lipinski definition) is 0. The van der Waals surface area contributed by atoms with Gasteiger partial charge in [0.2, 0.25) is 0 Å². The van der Waals surface area contributed by atoms with Gasteiger partial charge in [0.1, 0.15) is 17.2 Å². The Morgan fingerprint density at radius 2 is 1.57 bits per heavy atom. The average molecular weight is 332 g/mol. The Balaban J connectivity index is 2.06. The van der Waals surface area contributed by atoms with Gasteiger partial charge in [-0.3, -0.25) is 0 Å². The van der Waals surface area contributed by atoms with Crippen LogP contribution in [0.2, 0.25) is 0 Å². The van der Waals surface area contributed by atoms with Gasteiger partial charge >= 0.3 is 6.18 Å². The maximum absolute atomic E-state index is 13.7. The Morgan fingerprint density at radius 1 is 1.00 bits per heavy atom. The van der Waals surface area contributed by atoms with Crippen molar-refractivity contribution in [3.05, 3.63) is 47.0 Å². The summed E-state index contributed by atoms with van der Waals surface area (Å²) in [5.41, 5.74) is -1.45. The standard InChI is InChI=1S/C18H21F5/c1-2-3-4-5-12-6-8-13(9-7-12)14-10-15(19)17(16(20)11-14)18(21,22)23/h3-4,10-13H,2,5-9H2,1H3/b4-3+/t12-,13-. The lowest BCUT2D eigenvalue weighted by Gasteiger charge is -2.28. The number of allylic oxidation sites excluding steroid dienone is 2. The molecule has 0 heterocycles. The summed E-state index contributed by atoms with van der Waals surface area (Å²) in [5, 5.41) is 0. The molecule has 1 saturated carbocycles. The van der Waals surface area contributed by atoms with E-state index in [1.807, 2.05) is 0 Å². The van der Waals surface area contributed by atoms with E-state index in [2.05, 4.69) is 19.1 Å². The molecule has 23 heavy (non-hydrogen) atoms. The van der Waals surface area contributed by atoms with Gasteiger partial charge in [-0.1, -0.05) is 19.1 Å². The molecule has 1 aromatic rings. The molecular formula is C18H21F5. The van der Waals surface area contributed by atoms with E-state index in [0.29, 0.717) is 11.5 Å². The van der Waals surface area contributed by atoms with Gasteiger partial charge in [-0.15, -0.1) is 0 Å². The normalized spacial score (nSPS) is 22.7. The fourth-order valence-electron chi connectivity index (χ4n) is 3.29. The lowest BCUT2D eigenvalue weighted by atomic mass is 9.77. The minimum Gasteiger partial charge on any atom is -0.206 e. The second-order valence-corrected chi connectivity index (χ2v) is 6.19. The highest BCUT2D eigenvalue weighted by molar-refractivity contribution is 5.30. The monoisotopic (exact) mass is 332 g/mol. The smallest absolute Gasteiger partial charge is 0.206 e. The van der Waals surface area contributed by atoms with Gasteiger partial charge in [-0.2, -0.15) is 13.2 Å². The highest BCUT2D eigenvalue weighted by Gasteiger charge is 2.38. The van der Waals surface area contributed by atoms with Crippen LogP contribution in [-0.4, -0.2) is 0 Å². The van der Waals surface area contributed by atoms with Crippen molar-refractivity contribution in [1.29, 1.82) is 0 Å². The SMILES string of the molecule is CC/C=C/C[C@H]1CC[C@H](c2cc(F)c(C(F)(F)F)c(F)c2)CC1. The molecule has 1 fully saturated rings. The first kappa shape index (κ1) is 18.0. The van der Waals surface area contributed by atoms with Crippen LogP contribution in [0.1, 0.15) is 62.5 Å². The van der Waals surface area contributed by atoms with Crippen LogP contribution in [-0.2, 0) is 6.18 Å². The van der Waals surface area contributed by atoms with Crippen LogP contribution in [0.4, 0.5) is 22.0 Å². The number of hydrogen-bond donors (Lipinski definition) is 0. The Bertz CT molecular complexity index is 528. The van der Waals surface area contributed by atoms with Gasteiger partial charge < -0.3 is 0 Å². The quantitative estimate of drug-likeness (QED) is 0.430. The van der Waals surface area contributed by atoms with Gasteiger partial charge in [-0.05, 0) is 68.1 Å². The van der Waals surface area contributed by atoms with Crippen molar-refractivity contribution in [2.45, 2.75) is 57.5 Å². The highest BCUT2D eigenvalue weighted by Crippen LogP contribution is 2.40. The molecule has 0 bridgehead atoms. The van der Waals surface area contributed by atoms with Crippen LogP contribution in [0.5, 0.6) is 0 Å². The molecular weight excluding hydrogens is 311 g/mol. The summed E-state index contributed by atoms with van der Waals surface area (Å²) in [6.45, 7) is 2.07. The van der Waals surface area contributed by atoms with E-state index < -0.39 is 23.4 Å². The zero-order valence-electron chi connectivity index (χ0n) is 13.1. The van der Waals surface area contributed by atoms with E-state index in [0.717, 1.165) is 50.7 Å². The number of rotatable bonds is 4. The summed E-state index contributed by atoms with van der Waals surface area (Å²) in [4.78, 5) is 0. The first-order valence-corrected chi connectivity index (χ1v) is 8.04. The van der Waals surface area contributed by atoms with Crippen molar-refractivity contribution < 1.29 is 22.0 Å². The first-order valence-electron chi connectivity index (χ1n) is 8.04. The molecule has 0 unspecified atom stereocenters. The highest BCUT2D eigenvalue weighted by atomic mass is 19.4. The van der Waals surface area contributed by atoms with Crippen molar-refractivity contribution in [2.75, 3.05) is 0 Å². The summed E-state index contributed by atoms with van der Waals surface area (Å²) < 4.78 is 65.1. The predicted molar refractivity (Wildman–Crippen MR) is 80.1 cm³/mol. The van der Waals surface area contributed by atoms with Crippen molar-refractivity contribution in [3.63, 3.8) is 0 Å². The summed E-state index contributed by atoms with van der Waals surface area (Å²) in [5.74, 6) is -2.54. The maximum atomic E-state index is 13.7. The van der Waals surface area contributed by atoms with E-state index in [4.69, 9.17) is 0 Å². The molecule has 1 aromatic carbocycles. The van der Waals surface area contributed by atoms with E-state index in [-0.39, 0.29) is 5.92 Å². The molecule has 0 atom stereocenters. The van der Waals surface area contributed by atoms with Crippen molar-refractivity contribution in [1.82, 2.24) is 0 Å². The number of halogens is 5. The Kier molecular flexibility index (Phi) is 5.82. The zero-order valence-corrected chi connectivity index (χ0v) is 13.1. The van der Waals surface area contributed by atoms with Crippen LogP contribution in [0.25, 0.3) is 0 Å². The fourth-order valence-corrected chi connectivity index (χ4v) is 3.29. The Morgan fingerprint density at radius 3 is 2.04 bits per heavy atom. The van der Waals surface area contributed by atoms with E-state index >= 15 is 0 Å². The van der Waals surface area contributed by atoms with E-state index in [1.54, 1.807) is 0 Å². The summed E-state index contributed by atoms with van der Waals surface area (Å²) in [7, 11) is 0. The van der Waals surface area contributed by atoms with Crippen LogP contribution in [0, 0.1) is 17.6 Å². The largest absolute Gasteiger partial charge is 0.422 e. The van der Waals surface area contributed by atoms with Crippen molar-refractivity contribution in [2.24, 2.45) is 5.92 Å². The fraction of sp³-hybridized carbons (Fsp3) is 0.556. The third-order valence-electron chi connectivity index (χ3n) is 4.54. The van der Waals surface area contributed by atoms with E-state index in [1.165, 1.54) is 0 Å². The van der Waals surface area contributed by atoms with E-state index in [9.17, 15) is 22.0 Å². The van der Waals surface area contributed by atoms with Gasteiger partial charge in [0.05, 0.1) is 0 Å². The molecule has 0 saturated heterocycles. The second-order valence-electron chi connectivity index (χ2n) is 6.19. The van der Waals surface area contributed by atoms with Gasteiger partial charge in [0.15, 0.2) is 0 Å². The van der Waals surface area contributed by atoms with Gasteiger partial charge in [0.25, 0.3) is 0 Å². The van der Waals surface area contributed by atoms with Gasteiger partial charge in [-0.25, -0.2) is 8.78 Å². The minimum atomic E-state index is -5.00. The van der Waals surface area contributed by atoms with Crippen LogP contribution in [0.3, 0.4) is 0 Å². The first-order chi connectivity index (χ1) is 10.8.